The number of hydrogen-bond donors (Lipinski definition) is 0. The summed E-state index contributed by atoms with van der Waals surface area (Å²) in [5.74, 6) is 0.333. The molecule has 3 aromatic rings. The van der Waals surface area contributed by atoms with E-state index < -0.39 is 0 Å². The molecule has 0 unspecified atom stereocenters. The van der Waals surface area contributed by atoms with Crippen molar-refractivity contribution in [3.8, 4) is 0 Å². The average molecular weight is 533 g/mol. The summed E-state index contributed by atoms with van der Waals surface area (Å²) in [6.45, 7) is 1.85. The predicted octanol–water partition coefficient (Wildman–Crippen LogP) is 5.69. The first-order valence-corrected chi connectivity index (χ1v) is 13.8. The van der Waals surface area contributed by atoms with Gasteiger partial charge in [-0.05, 0) is 44.0 Å². The Kier molecular flexibility index (Phi) is 6.56. The number of hydrogen-bond acceptors (Lipinski definition) is 6. The van der Waals surface area contributed by atoms with E-state index in [1.165, 1.54) is 28.6 Å². The van der Waals surface area contributed by atoms with Gasteiger partial charge in [-0.3, -0.25) is 14.2 Å². The molecule has 0 saturated heterocycles. The fourth-order valence-electron chi connectivity index (χ4n) is 4.78. The number of likely N-dealkylation sites (N-methyl/N-ethyl adjacent to an activating group) is 1. The van der Waals surface area contributed by atoms with Crippen molar-refractivity contribution >= 4 is 55.0 Å². The molecule has 0 bridgehead atoms. The van der Waals surface area contributed by atoms with E-state index in [1.807, 2.05) is 28.8 Å². The maximum Gasteiger partial charge on any atom is 0.263 e. The number of carbonyl (C=O) groups excluding carboxylic acids is 1. The molecule has 1 aromatic carbocycles. The number of thioether (sulfide) groups is 1. The van der Waals surface area contributed by atoms with Crippen molar-refractivity contribution < 1.29 is 4.79 Å². The summed E-state index contributed by atoms with van der Waals surface area (Å²) in [4.78, 5) is 36.0. The maximum atomic E-state index is 13.8. The Morgan fingerprint density at radius 1 is 1.22 bits per heavy atom. The molecule has 1 aliphatic heterocycles. The number of fused-ring (bicyclic) bond motifs is 3. The number of ketones is 1. The van der Waals surface area contributed by atoms with Gasteiger partial charge in [-0.1, -0.05) is 59.1 Å². The van der Waals surface area contributed by atoms with E-state index in [9.17, 15) is 9.59 Å². The number of benzene rings is 1. The van der Waals surface area contributed by atoms with E-state index >= 15 is 0 Å². The molecule has 5 rings (SSSR count). The number of Topliss-reactive ketones (excluding diaryl/α,β-unsaturated/α-hetero) is 1. The molecule has 1 fully saturated rings. The van der Waals surface area contributed by atoms with Gasteiger partial charge in [0.1, 0.15) is 4.83 Å². The van der Waals surface area contributed by atoms with Crippen molar-refractivity contribution in [1.82, 2.24) is 14.5 Å². The Morgan fingerprint density at radius 2 is 1.97 bits per heavy atom. The first-order valence-electron chi connectivity index (χ1n) is 11.2. The van der Waals surface area contributed by atoms with Crippen LogP contribution in [0.1, 0.15) is 58.9 Å². The summed E-state index contributed by atoms with van der Waals surface area (Å²) in [6, 6.07) is 7.62. The third kappa shape index (κ3) is 4.34. The molecule has 0 amide bonds. The lowest BCUT2D eigenvalue weighted by molar-refractivity contribution is 0.102. The number of thiophene rings is 1. The third-order valence-electron chi connectivity index (χ3n) is 6.50. The monoisotopic (exact) mass is 531 g/mol. The van der Waals surface area contributed by atoms with Crippen molar-refractivity contribution in [2.45, 2.75) is 56.3 Å². The standard InChI is InChI=1S/C24H26BrN3O2S2/c1-27-12-11-18-20(13-27)32-22-21(18)23(30)28(17-5-3-2-4-6-17)24(26-22)31-14-19(29)15-7-9-16(25)10-8-15/h7-10,17H,2-6,11-14H2,1H3. The second-order valence-corrected chi connectivity index (χ2v) is 11.7. The van der Waals surface area contributed by atoms with Crippen LogP contribution in [0.3, 0.4) is 0 Å². The van der Waals surface area contributed by atoms with Crippen LogP contribution in [0.5, 0.6) is 0 Å². The van der Waals surface area contributed by atoms with Crippen molar-refractivity contribution in [1.29, 1.82) is 0 Å². The molecule has 2 aromatic heterocycles. The second-order valence-electron chi connectivity index (χ2n) is 8.75. The van der Waals surface area contributed by atoms with E-state index in [2.05, 4.69) is 27.9 Å². The minimum absolute atomic E-state index is 0.0548. The number of nitrogens with zero attached hydrogens (tertiary/aromatic N) is 3. The third-order valence-corrected chi connectivity index (χ3v) is 9.10. The number of rotatable bonds is 5. The fourth-order valence-corrected chi connectivity index (χ4v) is 7.34. The molecular formula is C24H26BrN3O2S2. The smallest absolute Gasteiger partial charge is 0.263 e. The molecule has 2 aliphatic rings. The van der Waals surface area contributed by atoms with E-state index in [-0.39, 0.29) is 23.1 Å². The zero-order valence-corrected chi connectivity index (χ0v) is 21.3. The Balaban J connectivity index is 1.53. The Bertz CT molecular complexity index is 1210. The minimum atomic E-state index is 0.0548. The molecule has 8 heteroatoms. The number of aromatic nitrogens is 2. The van der Waals surface area contributed by atoms with Crippen molar-refractivity contribution in [3.63, 3.8) is 0 Å². The van der Waals surface area contributed by atoms with Gasteiger partial charge in [0, 0.05) is 34.0 Å². The lowest BCUT2D eigenvalue weighted by Gasteiger charge is -2.26. The Labute approximate surface area is 204 Å². The first kappa shape index (κ1) is 22.3. The van der Waals surface area contributed by atoms with Gasteiger partial charge in [-0.15, -0.1) is 11.3 Å². The summed E-state index contributed by atoms with van der Waals surface area (Å²) in [6.07, 6.45) is 6.44. The molecule has 0 spiro atoms. The quantitative estimate of drug-likeness (QED) is 0.240. The molecule has 3 heterocycles. The highest BCUT2D eigenvalue weighted by atomic mass is 79.9. The maximum absolute atomic E-state index is 13.8. The lowest BCUT2D eigenvalue weighted by Crippen LogP contribution is -2.30. The van der Waals surface area contributed by atoms with E-state index in [0.29, 0.717) is 10.7 Å². The van der Waals surface area contributed by atoms with Gasteiger partial charge in [0.05, 0.1) is 11.1 Å². The molecule has 0 N–H and O–H groups in total. The molecule has 1 saturated carbocycles. The molecule has 0 radical (unpaired) electrons. The molecular weight excluding hydrogens is 506 g/mol. The van der Waals surface area contributed by atoms with E-state index in [0.717, 1.165) is 59.9 Å². The molecule has 1 aliphatic carbocycles. The largest absolute Gasteiger partial charge is 0.301 e. The van der Waals surface area contributed by atoms with Crippen LogP contribution in [0, 0.1) is 0 Å². The van der Waals surface area contributed by atoms with Gasteiger partial charge in [0.15, 0.2) is 10.9 Å². The van der Waals surface area contributed by atoms with Crippen LogP contribution >= 0.6 is 39.0 Å². The van der Waals surface area contributed by atoms with Crippen LogP contribution in [-0.4, -0.2) is 39.6 Å². The minimum Gasteiger partial charge on any atom is -0.301 e. The van der Waals surface area contributed by atoms with Crippen LogP contribution < -0.4 is 5.56 Å². The number of halogens is 1. The molecule has 5 nitrogen and oxygen atoms in total. The summed E-state index contributed by atoms with van der Waals surface area (Å²) in [7, 11) is 2.12. The van der Waals surface area contributed by atoms with Gasteiger partial charge in [0.25, 0.3) is 5.56 Å². The van der Waals surface area contributed by atoms with Crippen molar-refractivity contribution in [3.05, 3.63) is 55.1 Å². The van der Waals surface area contributed by atoms with Gasteiger partial charge in [0.2, 0.25) is 0 Å². The highest BCUT2D eigenvalue weighted by Gasteiger charge is 2.27. The summed E-state index contributed by atoms with van der Waals surface area (Å²) in [5, 5.41) is 1.53. The lowest BCUT2D eigenvalue weighted by atomic mass is 9.95. The number of carbonyl (C=O) groups is 1. The van der Waals surface area contributed by atoms with Crippen LogP contribution in [0.25, 0.3) is 10.2 Å². The Morgan fingerprint density at radius 3 is 2.72 bits per heavy atom. The topological polar surface area (TPSA) is 55.2 Å². The van der Waals surface area contributed by atoms with Gasteiger partial charge in [-0.2, -0.15) is 0 Å². The fraction of sp³-hybridized carbons (Fsp3) is 0.458. The van der Waals surface area contributed by atoms with Crippen LogP contribution in [0.15, 0.2) is 38.7 Å². The zero-order chi connectivity index (χ0) is 22.2. The Hall–Kier alpha value is -1.48. The molecule has 168 valence electrons. The zero-order valence-electron chi connectivity index (χ0n) is 18.1. The SMILES string of the molecule is CN1CCc2c(sc3nc(SCC(=O)c4ccc(Br)cc4)n(C4CCCCC4)c(=O)c23)C1. The highest BCUT2D eigenvalue weighted by molar-refractivity contribution is 9.10. The van der Waals surface area contributed by atoms with E-state index in [1.54, 1.807) is 11.3 Å². The second kappa shape index (κ2) is 9.41. The summed E-state index contributed by atoms with van der Waals surface area (Å²) >= 11 is 6.48. The van der Waals surface area contributed by atoms with Crippen molar-refractivity contribution in [2.24, 2.45) is 0 Å². The average Bonchev–Trinajstić information content (AvgIpc) is 3.16. The van der Waals surface area contributed by atoms with Gasteiger partial charge in [-0.25, -0.2) is 4.98 Å². The van der Waals surface area contributed by atoms with Gasteiger partial charge < -0.3 is 4.90 Å². The van der Waals surface area contributed by atoms with Crippen LogP contribution in [0.4, 0.5) is 0 Å². The van der Waals surface area contributed by atoms with Crippen LogP contribution in [0.2, 0.25) is 0 Å². The highest BCUT2D eigenvalue weighted by Crippen LogP contribution is 2.36. The van der Waals surface area contributed by atoms with Crippen LogP contribution in [-0.2, 0) is 13.0 Å². The normalized spacial score (nSPS) is 17.6. The summed E-state index contributed by atoms with van der Waals surface area (Å²) < 4.78 is 2.89. The summed E-state index contributed by atoms with van der Waals surface area (Å²) in [5.41, 5.74) is 1.98. The molecule has 32 heavy (non-hydrogen) atoms. The van der Waals surface area contributed by atoms with Gasteiger partial charge >= 0.3 is 0 Å². The first-order chi connectivity index (χ1) is 15.5. The predicted molar refractivity (Wildman–Crippen MR) is 135 cm³/mol. The molecule has 0 atom stereocenters. The van der Waals surface area contributed by atoms with E-state index in [4.69, 9.17) is 4.98 Å². The van der Waals surface area contributed by atoms with Crippen molar-refractivity contribution in [2.75, 3.05) is 19.3 Å².